The van der Waals surface area contributed by atoms with Gasteiger partial charge >= 0.3 is 0 Å². The van der Waals surface area contributed by atoms with Gasteiger partial charge in [-0.1, -0.05) is 6.07 Å². The van der Waals surface area contributed by atoms with Gasteiger partial charge in [0, 0.05) is 11.6 Å². The first-order valence-corrected chi connectivity index (χ1v) is 7.53. The third-order valence-corrected chi connectivity index (χ3v) is 3.90. The van der Waals surface area contributed by atoms with Crippen molar-refractivity contribution in [2.24, 2.45) is 0 Å². The standard InChI is InChI=1S/C19H17NO4/c1-12-7-13(2)14(3)19(8-12)24-17-10-15(18-5-4-6-23-18)9-16(11-17)20(21)22/h4-11H,1-3H3. The summed E-state index contributed by atoms with van der Waals surface area (Å²) in [6.07, 6.45) is 1.53. The molecular weight excluding hydrogens is 306 g/mol. The molecule has 0 saturated heterocycles. The summed E-state index contributed by atoms with van der Waals surface area (Å²) >= 11 is 0. The van der Waals surface area contributed by atoms with E-state index in [0.717, 1.165) is 16.7 Å². The minimum absolute atomic E-state index is 0.0408. The summed E-state index contributed by atoms with van der Waals surface area (Å²) in [5.74, 6) is 1.66. The van der Waals surface area contributed by atoms with Crippen LogP contribution in [0.4, 0.5) is 5.69 Å². The zero-order chi connectivity index (χ0) is 17.3. The molecule has 0 unspecified atom stereocenters. The third kappa shape index (κ3) is 3.15. The molecule has 0 fully saturated rings. The van der Waals surface area contributed by atoms with E-state index in [1.165, 1.54) is 18.4 Å². The minimum atomic E-state index is -0.437. The van der Waals surface area contributed by atoms with Crippen molar-refractivity contribution in [2.45, 2.75) is 20.8 Å². The van der Waals surface area contributed by atoms with Crippen molar-refractivity contribution >= 4 is 5.69 Å². The van der Waals surface area contributed by atoms with Crippen LogP contribution >= 0.6 is 0 Å². The lowest BCUT2D eigenvalue weighted by molar-refractivity contribution is -0.384. The second-order valence-electron chi connectivity index (χ2n) is 5.76. The first kappa shape index (κ1) is 15.8. The van der Waals surface area contributed by atoms with Crippen molar-refractivity contribution in [3.8, 4) is 22.8 Å². The molecule has 0 bridgehead atoms. The van der Waals surface area contributed by atoms with E-state index in [0.29, 0.717) is 22.8 Å². The molecule has 2 aromatic carbocycles. The Kier molecular flexibility index (Phi) is 4.08. The van der Waals surface area contributed by atoms with E-state index in [2.05, 4.69) is 6.07 Å². The molecule has 0 atom stereocenters. The van der Waals surface area contributed by atoms with Crippen molar-refractivity contribution in [1.29, 1.82) is 0 Å². The molecule has 1 aromatic heterocycles. The van der Waals surface area contributed by atoms with Gasteiger partial charge in [-0.05, 0) is 61.7 Å². The van der Waals surface area contributed by atoms with Crippen LogP contribution in [0.3, 0.4) is 0 Å². The van der Waals surface area contributed by atoms with E-state index in [4.69, 9.17) is 9.15 Å². The Morgan fingerprint density at radius 3 is 2.54 bits per heavy atom. The molecule has 0 aliphatic rings. The van der Waals surface area contributed by atoms with Gasteiger partial charge in [-0.3, -0.25) is 10.1 Å². The van der Waals surface area contributed by atoms with Crippen molar-refractivity contribution < 1.29 is 14.1 Å². The lowest BCUT2D eigenvalue weighted by Crippen LogP contribution is -1.94. The number of aryl methyl sites for hydroxylation is 2. The number of nitro groups is 1. The molecule has 24 heavy (non-hydrogen) atoms. The zero-order valence-corrected chi connectivity index (χ0v) is 13.7. The van der Waals surface area contributed by atoms with Gasteiger partial charge in [0.05, 0.1) is 17.3 Å². The first-order chi connectivity index (χ1) is 11.4. The van der Waals surface area contributed by atoms with Crippen LogP contribution in [0.25, 0.3) is 11.3 Å². The van der Waals surface area contributed by atoms with Gasteiger partial charge in [0.25, 0.3) is 5.69 Å². The molecule has 0 spiro atoms. The van der Waals surface area contributed by atoms with Crippen LogP contribution in [0.5, 0.6) is 11.5 Å². The number of nitro benzene ring substituents is 1. The van der Waals surface area contributed by atoms with Gasteiger partial charge in [-0.2, -0.15) is 0 Å². The normalized spacial score (nSPS) is 10.6. The van der Waals surface area contributed by atoms with Crippen molar-refractivity contribution in [2.75, 3.05) is 0 Å². The second-order valence-corrected chi connectivity index (χ2v) is 5.76. The molecule has 3 aromatic rings. The first-order valence-electron chi connectivity index (χ1n) is 7.53. The lowest BCUT2D eigenvalue weighted by Gasteiger charge is -2.12. The van der Waals surface area contributed by atoms with Crippen LogP contribution in [0.2, 0.25) is 0 Å². The molecule has 0 saturated carbocycles. The summed E-state index contributed by atoms with van der Waals surface area (Å²) in [5.41, 5.74) is 3.75. The van der Waals surface area contributed by atoms with E-state index in [1.807, 2.05) is 26.8 Å². The number of benzene rings is 2. The predicted molar refractivity (Wildman–Crippen MR) is 91.5 cm³/mol. The highest BCUT2D eigenvalue weighted by molar-refractivity contribution is 5.64. The molecule has 122 valence electrons. The largest absolute Gasteiger partial charge is 0.464 e. The molecule has 0 radical (unpaired) electrons. The Balaban J connectivity index is 2.06. The second kappa shape index (κ2) is 6.20. The minimum Gasteiger partial charge on any atom is -0.464 e. The fraction of sp³-hybridized carbons (Fsp3) is 0.158. The molecular formula is C19H17NO4. The number of rotatable bonds is 4. The van der Waals surface area contributed by atoms with Crippen LogP contribution in [0, 0.1) is 30.9 Å². The Morgan fingerprint density at radius 1 is 1.08 bits per heavy atom. The predicted octanol–water partition coefficient (Wildman–Crippen LogP) is 5.57. The van der Waals surface area contributed by atoms with Crippen molar-refractivity contribution in [1.82, 2.24) is 0 Å². The molecule has 0 aliphatic carbocycles. The van der Waals surface area contributed by atoms with Crippen molar-refractivity contribution in [3.05, 3.63) is 75.5 Å². The molecule has 0 amide bonds. The van der Waals surface area contributed by atoms with Crippen LogP contribution in [0.1, 0.15) is 16.7 Å². The van der Waals surface area contributed by atoms with Gasteiger partial charge in [-0.15, -0.1) is 0 Å². The smallest absolute Gasteiger partial charge is 0.273 e. The quantitative estimate of drug-likeness (QED) is 0.465. The number of hydrogen-bond donors (Lipinski definition) is 0. The van der Waals surface area contributed by atoms with Crippen LogP contribution in [-0.2, 0) is 0 Å². The summed E-state index contributed by atoms with van der Waals surface area (Å²) in [4.78, 5) is 10.8. The van der Waals surface area contributed by atoms with Gasteiger partial charge in [0.15, 0.2) is 0 Å². The van der Waals surface area contributed by atoms with Gasteiger partial charge < -0.3 is 9.15 Å². The summed E-state index contributed by atoms with van der Waals surface area (Å²) in [6, 6.07) is 12.1. The fourth-order valence-corrected chi connectivity index (χ4v) is 2.57. The Labute approximate surface area is 139 Å². The topological polar surface area (TPSA) is 65.5 Å². The van der Waals surface area contributed by atoms with E-state index in [-0.39, 0.29) is 5.69 Å². The molecule has 0 aliphatic heterocycles. The number of hydrogen-bond acceptors (Lipinski definition) is 4. The van der Waals surface area contributed by atoms with Crippen molar-refractivity contribution in [3.63, 3.8) is 0 Å². The van der Waals surface area contributed by atoms with Crippen LogP contribution < -0.4 is 4.74 Å². The number of ether oxygens (including phenoxy) is 1. The molecule has 3 rings (SSSR count). The summed E-state index contributed by atoms with van der Waals surface area (Å²) in [7, 11) is 0. The number of furan rings is 1. The fourth-order valence-electron chi connectivity index (χ4n) is 2.57. The summed E-state index contributed by atoms with van der Waals surface area (Å²) in [6.45, 7) is 5.97. The Hall–Kier alpha value is -3.08. The molecule has 1 heterocycles. The van der Waals surface area contributed by atoms with E-state index in [1.54, 1.807) is 18.2 Å². The van der Waals surface area contributed by atoms with Gasteiger partial charge in [-0.25, -0.2) is 0 Å². The highest BCUT2D eigenvalue weighted by atomic mass is 16.6. The lowest BCUT2D eigenvalue weighted by atomic mass is 10.1. The Bertz CT molecular complexity index is 898. The number of nitrogens with zero attached hydrogens (tertiary/aromatic N) is 1. The summed E-state index contributed by atoms with van der Waals surface area (Å²) < 4.78 is 11.3. The number of non-ortho nitro benzene ring substituents is 1. The van der Waals surface area contributed by atoms with E-state index < -0.39 is 4.92 Å². The zero-order valence-electron chi connectivity index (χ0n) is 13.7. The summed E-state index contributed by atoms with van der Waals surface area (Å²) in [5, 5.41) is 11.2. The van der Waals surface area contributed by atoms with Crippen LogP contribution in [-0.4, -0.2) is 4.92 Å². The average Bonchev–Trinajstić information content (AvgIpc) is 3.06. The van der Waals surface area contributed by atoms with Crippen LogP contribution in [0.15, 0.2) is 53.1 Å². The monoisotopic (exact) mass is 323 g/mol. The third-order valence-electron chi connectivity index (χ3n) is 3.90. The SMILES string of the molecule is Cc1cc(C)c(C)c(Oc2cc(-c3ccco3)cc([N+](=O)[O-])c2)c1. The molecule has 5 heteroatoms. The average molecular weight is 323 g/mol. The maximum absolute atomic E-state index is 11.2. The highest BCUT2D eigenvalue weighted by Crippen LogP contribution is 2.34. The maximum Gasteiger partial charge on any atom is 0.273 e. The van der Waals surface area contributed by atoms with Gasteiger partial charge in [0.2, 0.25) is 0 Å². The Morgan fingerprint density at radius 2 is 1.88 bits per heavy atom. The maximum atomic E-state index is 11.2. The molecule has 0 N–H and O–H groups in total. The van der Waals surface area contributed by atoms with E-state index >= 15 is 0 Å². The highest BCUT2D eigenvalue weighted by Gasteiger charge is 2.15. The molecule has 5 nitrogen and oxygen atoms in total. The van der Waals surface area contributed by atoms with Gasteiger partial charge in [0.1, 0.15) is 17.3 Å². The van der Waals surface area contributed by atoms with E-state index in [9.17, 15) is 10.1 Å².